The molecule has 1 aliphatic heterocycles. The van der Waals surface area contributed by atoms with Crippen molar-refractivity contribution in [2.24, 2.45) is 0 Å². The molecular weight excluding hydrogens is 317 g/mol. The molecule has 1 aromatic heterocycles. The molecule has 0 radical (unpaired) electrons. The first-order valence-electron chi connectivity index (χ1n) is 5.85. The second kappa shape index (κ2) is 5.36. The monoisotopic (exact) mass is 327 g/mol. The Balaban J connectivity index is 1.87. The molecule has 0 bridgehead atoms. The molecule has 1 atom stereocenters. The van der Waals surface area contributed by atoms with Gasteiger partial charge in [0.25, 0.3) is 5.89 Å². The smallest absolute Gasteiger partial charge is 0.260 e. The zero-order valence-electron chi connectivity index (χ0n) is 9.90. The minimum absolute atomic E-state index is 0.161. The Bertz CT molecular complexity index is 584. The van der Waals surface area contributed by atoms with Gasteiger partial charge in [-0.2, -0.15) is 4.98 Å². The summed E-state index contributed by atoms with van der Waals surface area (Å²) in [6.45, 7) is 2.03. The van der Waals surface area contributed by atoms with Crippen LogP contribution in [0.5, 0.6) is 0 Å². The summed E-state index contributed by atoms with van der Waals surface area (Å²) in [6.07, 6.45) is -0.246. The van der Waals surface area contributed by atoms with Crippen LogP contribution >= 0.6 is 15.9 Å². The molecule has 1 fully saturated rings. The zero-order valence-corrected chi connectivity index (χ0v) is 11.5. The van der Waals surface area contributed by atoms with Gasteiger partial charge in [0.1, 0.15) is 11.9 Å². The highest BCUT2D eigenvalue weighted by atomic mass is 79.9. The van der Waals surface area contributed by atoms with E-state index in [0.717, 1.165) is 6.54 Å². The topological polar surface area (TPSA) is 60.2 Å². The van der Waals surface area contributed by atoms with Crippen molar-refractivity contribution >= 4 is 15.9 Å². The summed E-state index contributed by atoms with van der Waals surface area (Å²) in [5.74, 6) is 0.186. The fraction of sp³-hybridized carbons (Fsp3) is 0.333. The van der Waals surface area contributed by atoms with Gasteiger partial charge in [-0.1, -0.05) is 21.1 Å². The van der Waals surface area contributed by atoms with E-state index in [-0.39, 0.29) is 17.6 Å². The van der Waals surface area contributed by atoms with E-state index >= 15 is 0 Å². The quantitative estimate of drug-likeness (QED) is 0.917. The first-order chi connectivity index (χ1) is 9.24. The first-order valence-corrected chi connectivity index (χ1v) is 6.64. The number of hydrogen-bond donors (Lipinski definition) is 1. The predicted octanol–water partition coefficient (Wildman–Crippen LogP) is 2.30. The lowest BCUT2D eigenvalue weighted by Crippen LogP contribution is -2.33. The van der Waals surface area contributed by atoms with Crippen LogP contribution in [-0.2, 0) is 4.74 Å². The Morgan fingerprint density at radius 3 is 3.05 bits per heavy atom. The summed E-state index contributed by atoms with van der Waals surface area (Å²) in [7, 11) is 0. The minimum atomic E-state index is -0.410. The Hall–Kier alpha value is -1.31. The summed E-state index contributed by atoms with van der Waals surface area (Å²) >= 11 is 3.20. The van der Waals surface area contributed by atoms with Gasteiger partial charge < -0.3 is 14.6 Å². The van der Waals surface area contributed by atoms with Crippen LogP contribution in [0.25, 0.3) is 11.5 Å². The molecule has 0 spiro atoms. The van der Waals surface area contributed by atoms with Gasteiger partial charge in [0.05, 0.1) is 12.2 Å². The third-order valence-corrected chi connectivity index (χ3v) is 3.31. The molecule has 1 saturated heterocycles. The standard InChI is InChI=1S/C12H11BrFN3O2/c13-7-1-2-8(9(14)5-7)12-16-11(17-19-12)10-6-15-3-4-18-10/h1-2,5,10,15H,3-4,6H2. The Morgan fingerprint density at radius 2 is 2.32 bits per heavy atom. The van der Waals surface area contributed by atoms with Gasteiger partial charge >= 0.3 is 0 Å². The summed E-state index contributed by atoms with van der Waals surface area (Å²) in [4.78, 5) is 4.20. The molecule has 1 aliphatic rings. The molecule has 2 aromatic rings. The van der Waals surface area contributed by atoms with E-state index < -0.39 is 5.82 Å². The number of aromatic nitrogens is 2. The molecule has 5 nitrogen and oxygen atoms in total. The van der Waals surface area contributed by atoms with Crippen molar-refractivity contribution < 1.29 is 13.7 Å². The average molecular weight is 328 g/mol. The first kappa shape index (κ1) is 12.7. The van der Waals surface area contributed by atoms with Crippen LogP contribution < -0.4 is 5.32 Å². The maximum absolute atomic E-state index is 13.8. The zero-order chi connectivity index (χ0) is 13.2. The molecular formula is C12H11BrFN3O2. The van der Waals surface area contributed by atoms with Gasteiger partial charge in [-0.3, -0.25) is 0 Å². The lowest BCUT2D eigenvalue weighted by atomic mass is 10.2. The number of benzene rings is 1. The number of morpholine rings is 1. The van der Waals surface area contributed by atoms with Gasteiger partial charge in [0.15, 0.2) is 0 Å². The van der Waals surface area contributed by atoms with E-state index in [1.54, 1.807) is 12.1 Å². The van der Waals surface area contributed by atoms with E-state index in [9.17, 15) is 4.39 Å². The molecule has 100 valence electrons. The lowest BCUT2D eigenvalue weighted by Gasteiger charge is -2.20. The van der Waals surface area contributed by atoms with E-state index in [4.69, 9.17) is 9.26 Å². The Morgan fingerprint density at radius 1 is 1.42 bits per heavy atom. The van der Waals surface area contributed by atoms with Crippen molar-refractivity contribution in [1.29, 1.82) is 0 Å². The van der Waals surface area contributed by atoms with Crippen LogP contribution in [0.3, 0.4) is 0 Å². The number of ether oxygens (including phenoxy) is 1. The van der Waals surface area contributed by atoms with Crippen molar-refractivity contribution in [1.82, 2.24) is 15.5 Å². The number of hydrogen-bond acceptors (Lipinski definition) is 5. The van der Waals surface area contributed by atoms with Crippen LogP contribution in [0.1, 0.15) is 11.9 Å². The van der Waals surface area contributed by atoms with Crippen LogP contribution in [0, 0.1) is 5.82 Å². The van der Waals surface area contributed by atoms with Gasteiger partial charge in [-0.15, -0.1) is 0 Å². The predicted molar refractivity (Wildman–Crippen MR) is 69.0 cm³/mol. The third-order valence-electron chi connectivity index (χ3n) is 2.82. The molecule has 0 aliphatic carbocycles. The van der Waals surface area contributed by atoms with E-state index in [2.05, 4.69) is 31.4 Å². The normalized spacial score (nSPS) is 19.6. The highest BCUT2D eigenvalue weighted by Gasteiger charge is 2.22. The average Bonchev–Trinajstić information content (AvgIpc) is 2.89. The maximum atomic E-state index is 13.8. The molecule has 19 heavy (non-hydrogen) atoms. The van der Waals surface area contributed by atoms with Crippen molar-refractivity contribution in [2.75, 3.05) is 19.7 Å². The largest absolute Gasteiger partial charge is 0.367 e. The van der Waals surface area contributed by atoms with Gasteiger partial charge in [0.2, 0.25) is 5.82 Å². The maximum Gasteiger partial charge on any atom is 0.260 e. The highest BCUT2D eigenvalue weighted by Crippen LogP contribution is 2.26. The van der Waals surface area contributed by atoms with Crippen LogP contribution in [0.2, 0.25) is 0 Å². The fourth-order valence-corrected chi connectivity index (χ4v) is 2.20. The molecule has 0 saturated carbocycles. The third kappa shape index (κ3) is 2.68. The van der Waals surface area contributed by atoms with Gasteiger partial charge in [0, 0.05) is 17.6 Å². The molecule has 1 N–H and O–H groups in total. The highest BCUT2D eigenvalue weighted by molar-refractivity contribution is 9.10. The Kier molecular flexibility index (Phi) is 3.58. The number of nitrogens with one attached hydrogen (secondary N) is 1. The van der Waals surface area contributed by atoms with Crippen molar-refractivity contribution in [2.45, 2.75) is 6.10 Å². The van der Waals surface area contributed by atoms with Crippen molar-refractivity contribution in [3.63, 3.8) is 0 Å². The Labute approximate surface area is 117 Å². The lowest BCUT2D eigenvalue weighted by molar-refractivity contribution is 0.0208. The minimum Gasteiger partial charge on any atom is -0.367 e. The van der Waals surface area contributed by atoms with Gasteiger partial charge in [-0.25, -0.2) is 4.39 Å². The summed E-state index contributed by atoms with van der Waals surface area (Å²) < 4.78 is 25.1. The van der Waals surface area contributed by atoms with Crippen molar-refractivity contribution in [3.8, 4) is 11.5 Å². The number of rotatable bonds is 2. The van der Waals surface area contributed by atoms with E-state index in [0.29, 0.717) is 23.4 Å². The molecule has 1 aromatic carbocycles. The second-order valence-corrected chi connectivity index (χ2v) is 5.06. The molecule has 1 unspecified atom stereocenters. The summed E-state index contributed by atoms with van der Waals surface area (Å²) in [5, 5.41) is 7.02. The molecule has 3 rings (SSSR count). The summed E-state index contributed by atoms with van der Waals surface area (Å²) in [5.41, 5.74) is 0.283. The van der Waals surface area contributed by atoms with E-state index in [1.807, 2.05) is 0 Å². The van der Waals surface area contributed by atoms with Crippen LogP contribution in [0.4, 0.5) is 4.39 Å². The van der Waals surface area contributed by atoms with Gasteiger partial charge in [-0.05, 0) is 18.2 Å². The molecule has 2 heterocycles. The van der Waals surface area contributed by atoms with Crippen molar-refractivity contribution in [3.05, 3.63) is 34.3 Å². The van der Waals surface area contributed by atoms with Crippen LogP contribution in [0.15, 0.2) is 27.2 Å². The van der Waals surface area contributed by atoms with E-state index in [1.165, 1.54) is 6.07 Å². The van der Waals surface area contributed by atoms with Crippen LogP contribution in [-0.4, -0.2) is 29.8 Å². The number of nitrogens with zero attached hydrogens (tertiary/aromatic N) is 2. The molecule has 0 amide bonds. The SMILES string of the molecule is Fc1cc(Br)ccc1-c1nc(C2CNCCO2)no1. The fourth-order valence-electron chi connectivity index (χ4n) is 1.87. The molecule has 7 heteroatoms. The number of halogens is 2. The second-order valence-electron chi connectivity index (χ2n) is 4.15. The summed E-state index contributed by atoms with van der Waals surface area (Å²) in [6, 6.07) is 4.68.